The predicted molar refractivity (Wildman–Crippen MR) is 65.7 cm³/mol. The molecule has 0 fully saturated rings. The van der Waals surface area contributed by atoms with Crippen LogP contribution in [-0.4, -0.2) is 19.5 Å². The van der Waals surface area contributed by atoms with E-state index in [0.29, 0.717) is 12.0 Å². The second-order valence-electron chi connectivity index (χ2n) is 4.59. The van der Waals surface area contributed by atoms with E-state index in [0.717, 1.165) is 19.6 Å². The number of rotatable bonds is 7. The molecule has 0 N–H and O–H groups in total. The van der Waals surface area contributed by atoms with Crippen LogP contribution in [0, 0.1) is 5.82 Å². The van der Waals surface area contributed by atoms with Crippen LogP contribution in [0.1, 0.15) is 37.0 Å². The van der Waals surface area contributed by atoms with Crippen LogP contribution in [0.25, 0.3) is 0 Å². The summed E-state index contributed by atoms with van der Waals surface area (Å²) < 4.78 is 69.0. The number of hydrogen-bond acceptors (Lipinski definition) is 1. The van der Waals surface area contributed by atoms with Crippen molar-refractivity contribution in [3.63, 3.8) is 0 Å². The van der Waals surface area contributed by atoms with Gasteiger partial charge in [0.25, 0.3) is 0 Å². The van der Waals surface area contributed by atoms with E-state index in [4.69, 9.17) is 4.74 Å². The van der Waals surface area contributed by atoms with Crippen LogP contribution in [0.15, 0.2) is 18.2 Å². The van der Waals surface area contributed by atoms with Gasteiger partial charge < -0.3 is 4.74 Å². The lowest BCUT2D eigenvalue weighted by molar-refractivity contribution is -0.152. The number of hydrogen-bond donors (Lipinski definition) is 0. The molecule has 1 nitrogen and oxygen atoms in total. The molecular formula is C14H17F5O. The Kier molecular flexibility index (Phi) is 5.92. The number of benzene rings is 1. The first kappa shape index (κ1) is 16.9. The molecule has 0 saturated carbocycles. The van der Waals surface area contributed by atoms with E-state index in [-0.39, 0.29) is 5.56 Å². The summed E-state index contributed by atoms with van der Waals surface area (Å²) in [5.74, 6) is -4.70. The summed E-state index contributed by atoms with van der Waals surface area (Å²) in [4.78, 5) is 0. The number of ether oxygens (including phenoxy) is 1. The van der Waals surface area contributed by atoms with Crippen molar-refractivity contribution in [1.29, 1.82) is 0 Å². The first-order chi connectivity index (χ1) is 9.31. The van der Waals surface area contributed by atoms with Gasteiger partial charge in [0.15, 0.2) is 0 Å². The third-order valence-electron chi connectivity index (χ3n) is 3.03. The molecule has 20 heavy (non-hydrogen) atoms. The molecule has 1 atom stereocenters. The summed E-state index contributed by atoms with van der Waals surface area (Å²) in [7, 11) is 1.13. The number of halogens is 5. The summed E-state index contributed by atoms with van der Waals surface area (Å²) in [6.07, 6.45) is -4.97. The summed E-state index contributed by atoms with van der Waals surface area (Å²) in [5.41, 5.74) is 0.594. The second kappa shape index (κ2) is 7.02. The Morgan fingerprint density at radius 2 is 1.90 bits per heavy atom. The van der Waals surface area contributed by atoms with Gasteiger partial charge >= 0.3 is 12.3 Å². The molecule has 0 aliphatic rings. The average Bonchev–Trinajstić information content (AvgIpc) is 2.38. The predicted octanol–water partition coefficient (Wildman–Crippen LogP) is 4.76. The monoisotopic (exact) mass is 296 g/mol. The minimum absolute atomic E-state index is 0.130. The minimum atomic E-state index is -4.17. The zero-order chi connectivity index (χ0) is 15.3. The fourth-order valence-electron chi connectivity index (χ4n) is 1.91. The van der Waals surface area contributed by atoms with Crippen molar-refractivity contribution < 1.29 is 26.7 Å². The van der Waals surface area contributed by atoms with E-state index >= 15 is 0 Å². The standard InChI is InChI=1S/C14H17F5O/c1-3-4-9-5-6-10(7-11(9)15)12(20-2)8-14(18,19)13(16)17/h5-7,12-13H,3-4,8H2,1-2H3. The molecule has 1 aromatic rings. The lowest BCUT2D eigenvalue weighted by atomic mass is 9.99. The van der Waals surface area contributed by atoms with Crippen molar-refractivity contribution in [1.82, 2.24) is 0 Å². The Bertz CT molecular complexity index is 434. The Hall–Kier alpha value is -1.17. The Balaban J connectivity index is 2.93. The summed E-state index contributed by atoms with van der Waals surface area (Å²) in [6, 6.07) is 3.98. The van der Waals surface area contributed by atoms with Crippen molar-refractivity contribution in [2.45, 2.75) is 44.6 Å². The van der Waals surface area contributed by atoms with E-state index in [1.807, 2.05) is 6.92 Å². The summed E-state index contributed by atoms with van der Waals surface area (Å²) >= 11 is 0. The van der Waals surface area contributed by atoms with E-state index in [1.54, 1.807) is 0 Å². The lowest BCUT2D eigenvalue weighted by Crippen LogP contribution is -2.29. The molecule has 0 radical (unpaired) electrons. The van der Waals surface area contributed by atoms with Crippen LogP contribution in [0.3, 0.4) is 0 Å². The fourth-order valence-corrected chi connectivity index (χ4v) is 1.91. The maximum Gasteiger partial charge on any atom is 0.310 e. The van der Waals surface area contributed by atoms with Crippen LogP contribution >= 0.6 is 0 Å². The molecule has 0 bridgehead atoms. The van der Waals surface area contributed by atoms with Crippen LogP contribution in [0.4, 0.5) is 22.0 Å². The highest BCUT2D eigenvalue weighted by molar-refractivity contribution is 5.26. The smallest absolute Gasteiger partial charge is 0.310 e. The van der Waals surface area contributed by atoms with Gasteiger partial charge in [0, 0.05) is 13.5 Å². The second-order valence-corrected chi connectivity index (χ2v) is 4.59. The maximum atomic E-state index is 13.7. The van der Waals surface area contributed by atoms with Crippen molar-refractivity contribution in [2.75, 3.05) is 7.11 Å². The lowest BCUT2D eigenvalue weighted by Gasteiger charge is -2.22. The van der Waals surface area contributed by atoms with Crippen LogP contribution < -0.4 is 0 Å². The molecule has 0 spiro atoms. The fraction of sp³-hybridized carbons (Fsp3) is 0.571. The quantitative estimate of drug-likeness (QED) is 0.659. The Labute approximate surface area is 114 Å². The normalized spacial score (nSPS) is 13.8. The molecule has 0 aromatic heterocycles. The molecule has 6 heteroatoms. The molecular weight excluding hydrogens is 279 g/mol. The zero-order valence-corrected chi connectivity index (χ0v) is 11.3. The van der Waals surface area contributed by atoms with Gasteiger partial charge in [-0.3, -0.25) is 0 Å². The van der Waals surface area contributed by atoms with Gasteiger partial charge in [0.2, 0.25) is 0 Å². The molecule has 1 unspecified atom stereocenters. The molecule has 0 heterocycles. The first-order valence-corrected chi connectivity index (χ1v) is 6.29. The molecule has 0 aliphatic heterocycles. The number of aryl methyl sites for hydroxylation is 1. The van der Waals surface area contributed by atoms with Crippen LogP contribution in [0.2, 0.25) is 0 Å². The van der Waals surface area contributed by atoms with Crippen LogP contribution in [0.5, 0.6) is 0 Å². The van der Waals surface area contributed by atoms with Gasteiger partial charge in [-0.15, -0.1) is 0 Å². The van der Waals surface area contributed by atoms with Crippen molar-refractivity contribution >= 4 is 0 Å². The molecule has 0 saturated heterocycles. The van der Waals surface area contributed by atoms with Gasteiger partial charge in [-0.2, -0.15) is 0 Å². The Morgan fingerprint density at radius 3 is 2.35 bits per heavy atom. The van der Waals surface area contributed by atoms with Crippen molar-refractivity contribution in [3.05, 3.63) is 35.1 Å². The zero-order valence-electron chi connectivity index (χ0n) is 11.3. The third-order valence-corrected chi connectivity index (χ3v) is 3.03. The molecule has 114 valence electrons. The van der Waals surface area contributed by atoms with Gasteiger partial charge in [0.05, 0.1) is 6.10 Å². The Morgan fingerprint density at radius 1 is 1.25 bits per heavy atom. The highest BCUT2D eigenvalue weighted by Crippen LogP contribution is 2.35. The van der Waals surface area contributed by atoms with Crippen molar-refractivity contribution in [3.8, 4) is 0 Å². The third kappa shape index (κ3) is 4.16. The van der Waals surface area contributed by atoms with Gasteiger partial charge in [-0.1, -0.05) is 25.5 Å². The van der Waals surface area contributed by atoms with E-state index in [9.17, 15) is 22.0 Å². The topological polar surface area (TPSA) is 9.23 Å². The highest BCUT2D eigenvalue weighted by Gasteiger charge is 2.43. The molecule has 0 amide bonds. The first-order valence-electron chi connectivity index (χ1n) is 6.29. The summed E-state index contributed by atoms with van der Waals surface area (Å²) in [6.45, 7) is 1.88. The highest BCUT2D eigenvalue weighted by atomic mass is 19.3. The largest absolute Gasteiger partial charge is 0.377 e. The average molecular weight is 296 g/mol. The number of methoxy groups -OCH3 is 1. The van der Waals surface area contributed by atoms with Crippen LogP contribution in [-0.2, 0) is 11.2 Å². The van der Waals surface area contributed by atoms with Crippen molar-refractivity contribution in [2.24, 2.45) is 0 Å². The van der Waals surface area contributed by atoms with Gasteiger partial charge in [-0.25, -0.2) is 22.0 Å². The molecule has 0 aliphatic carbocycles. The number of alkyl halides is 4. The summed E-state index contributed by atoms with van der Waals surface area (Å²) in [5, 5.41) is 0. The molecule has 1 aromatic carbocycles. The van der Waals surface area contributed by atoms with Gasteiger partial charge in [-0.05, 0) is 23.6 Å². The minimum Gasteiger partial charge on any atom is -0.377 e. The SMILES string of the molecule is CCCc1ccc(C(CC(F)(F)C(F)F)OC)cc1F. The van der Waals surface area contributed by atoms with Gasteiger partial charge in [0.1, 0.15) is 5.82 Å². The molecule has 1 rings (SSSR count). The van der Waals surface area contributed by atoms with E-state index < -0.39 is 30.7 Å². The maximum absolute atomic E-state index is 13.7. The van der Waals surface area contributed by atoms with E-state index in [2.05, 4.69) is 0 Å². The van der Waals surface area contributed by atoms with E-state index in [1.165, 1.54) is 12.1 Å².